The minimum absolute atomic E-state index is 0.0494. The first-order chi connectivity index (χ1) is 11.8. The van der Waals surface area contributed by atoms with Gasteiger partial charge in [0.05, 0.1) is 0 Å². The molecule has 1 heterocycles. The third kappa shape index (κ3) is 5.02. The van der Waals surface area contributed by atoms with Crippen LogP contribution in [0.25, 0.3) is 0 Å². The van der Waals surface area contributed by atoms with Crippen LogP contribution in [0.3, 0.4) is 0 Å². The number of alkyl halides is 1. The van der Waals surface area contributed by atoms with Gasteiger partial charge in [0.2, 0.25) is 0 Å². The van der Waals surface area contributed by atoms with Crippen molar-refractivity contribution in [3.05, 3.63) is 33.2 Å². The molecule has 1 fully saturated rings. The quantitative estimate of drug-likeness (QED) is 0.778. The number of halogens is 1. The van der Waals surface area contributed by atoms with Crippen molar-refractivity contribution in [2.24, 2.45) is 5.92 Å². The maximum Gasteiger partial charge on any atom is 0.251 e. The minimum Gasteiger partial charge on any atom is -0.325 e. The fourth-order valence-electron chi connectivity index (χ4n) is 3.67. The Hall–Kier alpha value is -1.45. The molecule has 1 saturated carbocycles. The number of carbonyl (C=O) groups excluding carboxylic acids is 1. The molecule has 140 valence electrons. The largest absolute Gasteiger partial charge is 0.325 e. The van der Waals surface area contributed by atoms with Gasteiger partial charge in [-0.15, -0.1) is 0 Å². The van der Waals surface area contributed by atoms with Crippen LogP contribution in [0.4, 0.5) is 4.39 Å². The highest BCUT2D eigenvalue weighted by Gasteiger charge is 2.26. The van der Waals surface area contributed by atoms with E-state index in [1.54, 1.807) is 0 Å². The molecule has 0 atom stereocenters. The highest BCUT2D eigenvalue weighted by Crippen LogP contribution is 2.31. The molecule has 1 aliphatic carbocycles. The Bertz CT molecular complexity index is 654. The molecule has 4 heteroatoms. The molecule has 0 aromatic carbocycles. The molecule has 3 nitrogen and oxygen atoms in total. The Balaban J connectivity index is 2.33. The van der Waals surface area contributed by atoms with Gasteiger partial charge in [0.15, 0.2) is 0 Å². The number of rotatable bonds is 7. The molecule has 0 saturated heterocycles. The van der Waals surface area contributed by atoms with Crippen LogP contribution in [0.1, 0.15) is 83.0 Å². The van der Waals surface area contributed by atoms with Gasteiger partial charge in [0, 0.05) is 29.5 Å². The van der Waals surface area contributed by atoms with E-state index in [1.165, 1.54) is 0 Å². The van der Waals surface area contributed by atoms with Gasteiger partial charge in [0.25, 0.3) is 5.56 Å². The van der Waals surface area contributed by atoms with Gasteiger partial charge in [0.1, 0.15) is 12.0 Å². The fourth-order valence-corrected chi connectivity index (χ4v) is 3.67. The van der Waals surface area contributed by atoms with E-state index in [2.05, 4.69) is 25.8 Å². The Kier molecular flexibility index (Phi) is 6.59. The predicted octanol–water partition coefficient (Wildman–Crippen LogP) is 4.65. The van der Waals surface area contributed by atoms with E-state index in [-0.39, 0.29) is 16.8 Å². The van der Waals surface area contributed by atoms with Gasteiger partial charge in [-0.2, -0.15) is 0 Å². The summed E-state index contributed by atoms with van der Waals surface area (Å²) in [6, 6.07) is 1.95. The topological polar surface area (TPSA) is 49.9 Å². The fraction of sp³-hybridized carbons (Fsp3) is 0.714. The van der Waals surface area contributed by atoms with Crippen molar-refractivity contribution >= 4 is 5.78 Å². The molecule has 0 bridgehead atoms. The minimum atomic E-state index is -0.681. The Morgan fingerprint density at radius 1 is 1.20 bits per heavy atom. The second-order valence-corrected chi connectivity index (χ2v) is 8.15. The summed E-state index contributed by atoms with van der Waals surface area (Å²) in [5.74, 6) is 0.553. The van der Waals surface area contributed by atoms with Crippen molar-refractivity contribution in [2.45, 2.75) is 90.6 Å². The zero-order valence-corrected chi connectivity index (χ0v) is 16.1. The molecule has 0 aliphatic heterocycles. The first-order valence-electron chi connectivity index (χ1n) is 9.68. The maximum absolute atomic E-state index is 13.3. The van der Waals surface area contributed by atoms with Crippen LogP contribution in [0.15, 0.2) is 10.9 Å². The molecule has 1 aromatic heterocycles. The Labute approximate surface area is 150 Å². The van der Waals surface area contributed by atoms with Gasteiger partial charge in [-0.25, -0.2) is 4.39 Å². The summed E-state index contributed by atoms with van der Waals surface area (Å²) >= 11 is 0. The van der Waals surface area contributed by atoms with E-state index in [0.717, 1.165) is 36.1 Å². The number of carbonyl (C=O) groups is 1. The predicted molar refractivity (Wildman–Crippen MR) is 99.9 cm³/mol. The van der Waals surface area contributed by atoms with Crippen LogP contribution in [0, 0.1) is 5.92 Å². The van der Waals surface area contributed by atoms with Gasteiger partial charge in [-0.3, -0.25) is 9.59 Å². The molecule has 1 aromatic rings. The van der Waals surface area contributed by atoms with Crippen LogP contribution >= 0.6 is 0 Å². The molecular weight excluding hydrogens is 317 g/mol. The number of nitrogens with one attached hydrogen (secondary N) is 1. The normalized spacial score (nSPS) is 21.3. The van der Waals surface area contributed by atoms with Crippen molar-refractivity contribution in [2.75, 3.05) is 0 Å². The number of pyridine rings is 1. The first-order valence-corrected chi connectivity index (χ1v) is 9.68. The van der Waals surface area contributed by atoms with Gasteiger partial charge in [-0.05, 0) is 56.1 Å². The zero-order valence-electron chi connectivity index (χ0n) is 16.1. The standard InChI is InChI=1S/C21H32FNO2/c1-5-18(24)13-15-12-16(11-14-7-9-17(22)10-8-14)20(25)23-19(15)21(3,4)6-2/h12,14,17H,5-11,13H2,1-4H3,(H,23,25). The second kappa shape index (κ2) is 8.29. The number of hydrogen-bond donors (Lipinski definition) is 1. The number of ketones is 1. The summed E-state index contributed by atoms with van der Waals surface area (Å²) in [5, 5.41) is 0. The molecule has 1 N–H and O–H groups in total. The van der Waals surface area contributed by atoms with Crippen molar-refractivity contribution < 1.29 is 9.18 Å². The number of aromatic nitrogens is 1. The average Bonchev–Trinajstić information content (AvgIpc) is 2.59. The Morgan fingerprint density at radius 2 is 1.84 bits per heavy atom. The SMILES string of the molecule is CCC(=O)Cc1cc(CC2CCC(F)CC2)c(=O)[nH]c1C(C)(C)CC. The van der Waals surface area contributed by atoms with Crippen LogP contribution < -0.4 is 5.56 Å². The third-order valence-electron chi connectivity index (χ3n) is 5.83. The van der Waals surface area contributed by atoms with E-state index in [0.29, 0.717) is 38.0 Å². The third-order valence-corrected chi connectivity index (χ3v) is 5.83. The summed E-state index contributed by atoms with van der Waals surface area (Å²) in [6.45, 7) is 8.16. The highest BCUT2D eigenvalue weighted by molar-refractivity contribution is 5.80. The molecule has 2 rings (SSSR count). The lowest BCUT2D eigenvalue weighted by Gasteiger charge is -2.27. The van der Waals surface area contributed by atoms with Crippen molar-refractivity contribution in [1.29, 1.82) is 0 Å². The van der Waals surface area contributed by atoms with Crippen molar-refractivity contribution in [3.8, 4) is 0 Å². The molecule has 0 spiro atoms. The molecular formula is C21H32FNO2. The highest BCUT2D eigenvalue weighted by atomic mass is 19.1. The number of H-pyrrole nitrogens is 1. The maximum atomic E-state index is 13.3. The molecule has 0 amide bonds. The van der Waals surface area contributed by atoms with E-state index in [1.807, 2.05) is 13.0 Å². The van der Waals surface area contributed by atoms with Gasteiger partial charge in [-0.1, -0.05) is 27.7 Å². The van der Waals surface area contributed by atoms with Crippen LogP contribution in [0.2, 0.25) is 0 Å². The Morgan fingerprint density at radius 3 is 2.40 bits per heavy atom. The van der Waals surface area contributed by atoms with Crippen molar-refractivity contribution in [1.82, 2.24) is 4.98 Å². The number of aromatic amines is 1. The molecule has 25 heavy (non-hydrogen) atoms. The van der Waals surface area contributed by atoms with Crippen LogP contribution in [-0.4, -0.2) is 16.9 Å². The summed E-state index contributed by atoms with van der Waals surface area (Å²) in [5.41, 5.74) is 2.36. The van der Waals surface area contributed by atoms with Crippen LogP contribution in [0.5, 0.6) is 0 Å². The summed E-state index contributed by atoms with van der Waals surface area (Å²) in [4.78, 5) is 27.8. The van der Waals surface area contributed by atoms with Gasteiger partial charge >= 0.3 is 0 Å². The monoisotopic (exact) mass is 349 g/mol. The molecule has 0 radical (unpaired) electrons. The zero-order chi connectivity index (χ0) is 18.6. The lowest BCUT2D eigenvalue weighted by Crippen LogP contribution is -2.28. The average molecular weight is 349 g/mol. The summed E-state index contributed by atoms with van der Waals surface area (Å²) in [6.07, 6.45) is 4.64. The lowest BCUT2D eigenvalue weighted by molar-refractivity contribution is -0.118. The van der Waals surface area contributed by atoms with Crippen LogP contribution in [-0.2, 0) is 23.1 Å². The summed E-state index contributed by atoms with van der Waals surface area (Å²) < 4.78 is 13.3. The number of Topliss-reactive ketones (excluding diaryl/α,β-unsaturated/α-hetero) is 1. The smallest absolute Gasteiger partial charge is 0.251 e. The van der Waals surface area contributed by atoms with Gasteiger partial charge < -0.3 is 4.98 Å². The van der Waals surface area contributed by atoms with Crippen molar-refractivity contribution in [3.63, 3.8) is 0 Å². The van der Waals surface area contributed by atoms with E-state index in [9.17, 15) is 14.0 Å². The lowest BCUT2D eigenvalue weighted by atomic mass is 9.80. The first kappa shape index (κ1) is 19.9. The van der Waals surface area contributed by atoms with E-state index < -0.39 is 6.17 Å². The number of hydrogen-bond acceptors (Lipinski definition) is 2. The molecule has 1 aliphatic rings. The second-order valence-electron chi connectivity index (χ2n) is 8.15. The molecule has 0 unspecified atom stereocenters. The summed E-state index contributed by atoms with van der Waals surface area (Å²) in [7, 11) is 0. The van der Waals surface area contributed by atoms with E-state index >= 15 is 0 Å². The van der Waals surface area contributed by atoms with E-state index in [4.69, 9.17) is 0 Å².